The molecule has 0 bridgehead atoms. The Bertz CT molecular complexity index is 318. The summed E-state index contributed by atoms with van der Waals surface area (Å²) in [6.45, 7) is 5.00. The lowest BCUT2D eigenvalue weighted by Crippen LogP contribution is -2.10. The van der Waals surface area contributed by atoms with E-state index < -0.39 is 0 Å². The third-order valence-electron chi connectivity index (χ3n) is 2.20. The van der Waals surface area contributed by atoms with Gasteiger partial charge in [-0.05, 0) is 50.8 Å². The molecule has 0 atom stereocenters. The summed E-state index contributed by atoms with van der Waals surface area (Å²) < 4.78 is 5.69. The Morgan fingerprint density at radius 1 is 1.41 bits per heavy atom. The molecule has 0 aromatic carbocycles. The van der Waals surface area contributed by atoms with Crippen molar-refractivity contribution in [2.75, 3.05) is 23.9 Å². The molecule has 1 rings (SSSR count). The zero-order valence-corrected chi connectivity index (χ0v) is 11.7. The highest BCUT2D eigenvalue weighted by Crippen LogP contribution is 2.21. The molecule has 4 heteroatoms. The predicted molar refractivity (Wildman–Crippen MR) is 76.1 cm³/mol. The molecule has 96 valence electrons. The summed E-state index contributed by atoms with van der Waals surface area (Å²) >= 11 is 1.89. The number of aromatic nitrogens is 1. The van der Waals surface area contributed by atoms with Gasteiger partial charge in [0.05, 0.1) is 6.10 Å². The van der Waals surface area contributed by atoms with Crippen molar-refractivity contribution < 1.29 is 4.74 Å². The molecule has 0 aliphatic heterocycles. The van der Waals surface area contributed by atoms with Gasteiger partial charge in [0.25, 0.3) is 0 Å². The summed E-state index contributed by atoms with van der Waals surface area (Å²) in [7, 11) is 0. The van der Waals surface area contributed by atoms with Crippen molar-refractivity contribution in [1.29, 1.82) is 0 Å². The van der Waals surface area contributed by atoms with Gasteiger partial charge in [0.1, 0.15) is 0 Å². The minimum atomic E-state index is 0.177. The van der Waals surface area contributed by atoms with Crippen molar-refractivity contribution in [3.63, 3.8) is 0 Å². The van der Waals surface area contributed by atoms with E-state index in [1.807, 2.05) is 37.7 Å². The van der Waals surface area contributed by atoms with Gasteiger partial charge in [-0.2, -0.15) is 11.8 Å². The minimum Gasteiger partial charge on any atom is -0.487 e. The fourth-order valence-corrected chi connectivity index (χ4v) is 1.94. The number of nitrogens with one attached hydrogen (secondary N) is 1. The van der Waals surface area contributed by atoms with Crippen LogP contribution < -0.4 is 10.1 Å². The molecule has 1 aromatic rings. The molecule has 0 fully saturated rings. The molecule has 0 radical (unpaired) electrons. The normalized spacial score (nSPS) is 10.6. The van der Waals surface area contributed by atoms with Crippen molar-refractivity contribution in [3.05, 3.63) is 18.3 Å². The summed E-state index contributed by atoms with van der Waals surface area (Å²) in [6, 6.07) is 3.86. The van der Waals surface area contributed by atoms with Gasteiger partial charge in [-0.25, -0.2) is 4.98 Å². The first-order valence-corrected chi connectivity index (χ1v) is 7.48. The highest BCUT2D eigenvalue weighted by atomic mass is 32.2. The monoisotopic (exact) mass is 254 g/mol. The number of nitrogens with zero attached hydrogens (tertiary/aromatic N) is 1. The summed E-state index contributed by atoms with van der Waals surface area (Å²) in [4.78, 5) is 4.31. The summed E-state index contributed by atoms with van der Waals surface area (Å²) in [5, 5.41) is 3.33. The van der Waals surface area contributed by atoms with Crippen LogP contribution in [0.3, 0.4) is 0 Å². The van der Waals surface area contributed by atoms with Crippen LogP contribution in [0.5, 0.6) is 5.75 Å². The SMILES string of the molecule is CSCCCCNc1ncccc1OC(C)C. The first kappa shape index (κ1) is 14.2. The second-order valence-corrected chi connectivity index (χ2v) is 5.13. The van der Waals surface area contributed by atoms with Gasteiger partial charge in [0.15, 0.2) is 11.6 Å². The van der Waals surface area contributed by atoms with Crippen LogP contribution in [-0.2, 0) is 0 Å². The van der Waals surface area contributed by atoms with E-state index in [0.717, 1.165) is 18.1 Å². The fraction of sp³-hybridized carbons (Fsp3) is 0.615. The molecule has 3 nitrogen and oxygen atoms in total. The van der Waals surface area contributed by atoms with E-state index in [9.17, 15) is 0 Å². The Morgan fingerprint density at radius 2 is 2.24 bits per heavy atom. The number of ether oxygens (including phenoxy) is 1. The van der Waals surface area contributed by atoms with E-state index in [1.54, 1.807) is 6.20 Å². The van der Waals surface area contributed by atoms with Crippen molar-refractivity contribution >= 4 is 17.6 Å². The first-order chi connectivity index (χ1) is 8.24. The number of pyridine rings is 1. The van der Waals surface area contributed by atoms with Gasteiger partial charge < -0.3 is 10.1 Å². The van der Waals surface area contributed by atoms with E-state index in [4.69, 9.17) is 4.74 Å². The standard InChI is InChI=1S/C13H22N2OS/c1-11(2)16-12-7-6-9-15-13(12)14-8-4-5-10-17-3/h6-7,9,11H,4-5,8,10H2,1-3H3,(H,14,15). The van der Waals surface area contributed by atoms with E-state index in [2.05, 4.69) is 16.6 Å². The Balaban J connectivity index is 2.40. The van der Waals surface area contributed by atoms with Crippen molar-refractivity contribution in [2.24, 2.45) is 0 Å². The van der Waals surface area contributed by atoms with Gasteiger partial charge in [-0.15, -0.1) is 0 Å². The molecule has 0 unspecified atom stereocenters. The van der Waals surface area contributed by atoms with E-state index in [-0.39, 0.29) is 6.10 Å². The summed E-state index contributed by atoms with van der Waals surface area (Å²) in [5.41, 5.74) is 0. The molecule has 0 amide bonds. The number of hydrogen-bond donors (Lipinski definition) is 1. The molecule has 1 aromatic heterocycles. The van der Waals surface area contributed by atoms with Crippen LogP contribution in [0.1, 0.15) is 26.7 Å². The quantitative estimate of drug-likeness (QED) is 0.721. The predicted octanol–water partition coefficient (Wildman–Crippen LogP) is 3.42. The molecule has 1 heterocycles. The maximum atomic E-state index is 5.69. The lowest BCUT2D eigenvalue weighted by molar-refractivity contribution is 0.243. The Labute approximate surface area is 108 Å². The topological polar surface area (TPSA) is 34.2 Å². The van der Waals surface area contributed by atoms with Crippen LogP contribution in [0, 0.1) is 0 Å². The highest BCUT2D eigenvalue weighted by Gasteiger charge is 2.05. The highest BCUT2D eigenvalue weighted by molar-refractivity contribution is 7.98. The average Bonchev–Trinajstić information content (AvgIpc) is 2.30. The van der Waals surface area contributed by atoms with Crippen LogP contribution in [0.4, 0.5) is 5.82 Å². The number of unbranched alkanes of at least 4 members (excludes halogenated alkanes) is 1. The molecular weight excluding hydrogens is 232 g/mol. The third kappa shape index (κ3) is 5.82. The maximum absolute atomic E-state index is 5.69. The molecule has 17 heavy (non-hydrogen) atoms. The largest absolute Gasteiger partial charge is 0.487 e. The Hall–Kier alpha value is -0.900. The summed E-state index contributed by atoms with van der Waals surface area (Å²) in [6.07, 6.45) is 6.51. The van der Waals surface area contributed by atoms with Crippen molar-refractivity contribution in [1.82, 2.24) is 4.98 Å². The fourth-order valence-electron chi connectivity index (χ4n) is 1.45. The van der Waals surface area contributed by atoms with Crippen LogP contribution in [0.25, 0.3) is 0 Å². The number of anilines is 1. The van der Waals surface area contributed by atoms with Crippen molar-refractivity contribution in [3.8, 4) is 5.75 Å². The van der Waals surface area contributed by atoms with Gasteiger partial charge in [0.2, 0.25) is 0 Å². The van der Waals surface area contributed by atoms with Crippen LogP contribution >= 0.6 is 11.8 Å². The zero-order chi connectivity index (χ0) is 12.5. The average molecular weight is 254 g/mol. The van der Waals surface area contributed by atoms with Gasteiger partial charge in [0, 0.05) is 12.7 Å². The van der Waals surface area contributed by atoms with Crippen molar-refractivity contribution in [2.45, 2.75) is 32.8 Å². The van der Waals surface area contributed by atoms with E-state index >= 15 is 0 Å². The molecule has 0 aliphatic rings. The molecule has 0 saturated heterocycles. The van der Waals surface area contributed by atoms with E-state index in [0.29, 0.717) is 0 Å². The second-order valence-electron chi connectivity index (χ2n) is 4.14. The molecule has 0 aliphatic carbocycles. The maximum Gasteiger partial charge on any atom is 0.168 e. The number of rotatable bonds is 8. The Kier molecular flexibility index (Phi) is 6.86. The number of hydrogen-bond acceptors (Lipinski definition) is 4. The number of thioether (sulfide) groups is 1. The smallest absolute Gasteiger partial charge is 0.168 e. The van der Waals surface area contributed by atoms with Gasteiger partial charge in [-0.3, -0.25) is 0 Å². The van der Waals surface area contributed by atoms with E-state index in [1.165, 1.54) is 18.6 Å². The Morgan fingerprint density at radius 3 is 2.94 bits per heavy atom. The lowest BCUT2D eigenvalue weighted by Gasteiger charge is -2.14. The minimum absolute atomic E-state index is 0.177. The van der Waals surface area contributed by atoms with Gasteiger partial charge in [-0.1, -0.05) is 0 Å². The second kappa shape index (κ2) is 8.23. The summed E-state index contributed by atoms with van der Waals surface area (Å²) in [5.74, 6) is 2.91. The zero-order valence-electron chi connectivity index (χ0n) is 10.9. The van der Waals surface area contributed by atoms with Gasteiger partial charge >= 0.3 is 0 Å². The van der Waals surface area contributed by atoms with Crippen LogP contribution in [-0.4, -0.2) is 29.6 Å². The first-order valence-electron chi connectivity index (χ1n) is 6.08. The van der Waals surface area contributed by atoms with Crippen LogP contribution in [0.15, 0.2) is 18.3 Å². The molecule has 0 saturated carbocycles. The third-order valence-corrected chi connectivity index (χ3v) is 2.90. The molecular formula is C13H22N2OS. The molecule has 0 spiro atoms. The molecule has 1 N–H and O–H groups in total. The lowest BCUT2D eigenvalue weighted by atomic mass is 10.3. The van der Waals surface area contributed by atoms with Crippen LogP contribution in [0.2, 0.25) is 0 Å².